The maximum Gasteiger partial charge on any atom is 0.508 e. The van der Waals surface area contributed by atoms with Gasteiger partial charge in [-0.3, -0.25) is 0 Å². The van der Waals surface area contributed by atoms with Crippen LogP contribution in [-0.4, -0.2) is 44.5 Å². The Hall–Kier alpha value is -2.58. The average Bonchev–Trinajstić information content (AvgIpc) is 3.01. The van der Waals surface area contributed by atoms with Crippen molar-refractivity contribution in [1.82, 2.24) is 0 Å². The van der Waals surface area contributed by atoms with Gasteiger partial charge in [0.25, 0.3) is 0 Å². The normalized spacial score (nSPS) is 18.4. The molecule has 0 amide bonds. The van der Waals surface area contributed by atoms with Crippen molar-refractivity contribution < 1.29 is 32.9 Å². The molecule has 0 aliphatic carbocycles. The molecule has 1 aromatic carbocycles. The molecule has 8 heteroatoms. The first-order valence-electron chi connectivity index (χ1n) is 8.06. The van der Waals surface area contributed by atoms with Crippen molar-refractivity contribution in [2.45, 2.75) is 31.7 Å². The van der Waals surface area contributed by atoms with E-state index < -0.39 is 29.6 Å². The lowest BCUT2D eigenvalue weighted by Crippen LogP contribution is -2.49. The van der Waals surface area contributed by atoms with E-state index in [4.69, 9.17) is 28.1 Å². The van der Waals surface area contributed by atoms with E-state index in [1.807, 2.05) is 13.8 Å². The van der Waals surface area contributed by atoms with Crippen LogP contribution in [-0.2, 0) is 18.9 Å². The van der Waals surface area contributed by atoms with Gasteiger partial charge in [0.1, 0.15) is 24.0 Å². The molecule has 3 rings (SSSR count). The molecule has 2 unspecified atom stereocenters. The van der Waals surface area contributed by atoms with Crippen LogP contribution in [0, 0.1) is 0 Å². The molecule has 0 saturated carbocycles. The third-order valence-corrected chi connectivity index (χ3v) is 4.14. The quantitative estimate of drug-likeness (QED) is 0.420. The molecule has 0 N–H and O–H groups in total. The van der Waals surface area contributed by atoms with Crippen molar-refractivity contribution in [3.8, 4) is 5.75 Å². The highest BCUT2D eigenvalue weighted by Gasteiger charge is 2.43. The Morgan fingerprint density at radius 3 is 2.73 bits per heavy atom. The van der Waals surface area contributed by atoms with E-state index in [-0.39, 0.29) is 13.4 Å². The van der Waals surface area contributed by atoms with Crippen LogP contribution in [0.3, 0.4) is 0 Å². The van der Waals surface area contributed by atoms with Gasteiger partial charge in [-0.2, -0.15) is 0 Å². The zero-order valence-corrected chi connectivity index (χ0v) is 14.7. The molecule has 8 nitrogen and oxygen atoms in total. The van der Waals surface area contributed by atoms with E-state index in [9.17, 15) is 9.59 Å². The molecule has 1 saturated heterocycles. The fourth-order valence-corrected chi connectivity index (χ4v) is 2.85. The topological polar surface area (TPSA) is 93.4 Å². The third-order valence-electron chi connectivity index (χ3n) is 4.14. The van der Waals surface area contributed by atoms with Crippen LogP contribution in [0.5, 0.6) is 5.75 Å². The smallest absolute Gasteiger partial charge is 0.468 e. The van der Waals surface area contributed by atoms with E-state index in [0.717, 1.165) is 5.39 Å². The first-order valence-corrected chi connectivity index (χ1v) is 8.06. The van der Waals surface area contributed by atoms with Crippen molar-refractivity contribution in [2.24, 2.45) is 0 Å². The number of methoxy groups -OCH3 is 1. The number of cyclic esters (lactones) is 2. The van der Waals surface area contributed by atoms with Gasteiger partial charge in [0.15, 0.2) is 12.9 Å². The molecule has 1 aliphatic heterocycles. The van der Waals surface area contributed by atoms with Crippen LogP contribution in [0.25, 0.3) is 11.0 Å². The van der Waals surface area contributed by atoms with Crippen molar-refractivity contribution in [3.05, 3.63) is 40.8 Å². The first-order chi connectivity index (χ1) is 12.4. The van der Waals surface area contributed by atoms with Gasteiger partial charge >= 0.3 is 11.8 Å². The van der Waals surface area contributed by atoms with Gasteiger partial charge in [0.05, 0.1) is 5.60 Å². The summed E-state index contributed by atoms with van der Waals surface area (Å²) in [5, 5.41) is 0.742. The Morgan fingerprint density at radius 1 is 1.23 bits per heavy atom. The van der Waals surface area contributed by atoms with Gasteiger partial charge in [-0.05, 0) is 38.1 Å². The highest BCUT2D eigenvalue weighted by atomic mass is 16.8. The highest BCUT2D eigenvalue weighted by Crippen LogP contribution is 2.26. The molecule has 0 spiro atoms. The Kier molecular flexibility index (Phi) is 5.15. The van der Waals surface area contributed by atoms with Crippen molar-refractivity contribution in [3.63, 3.8) is 0 Å². The van der Waals surface area contributed by atoms with E-state index in [0.29, 0.717) is 11.3 Å². The fraction of sp³-hybridized carbons (Fsp3) is 0.444. The zero-order valence-electron chi connectivity index (χ0n) is 14.7. The molecule has 140 valence electrons. The molecule has 1 aliphatic rings. The lowest BCUT2D eigenvalue weighted by Gasteiger charge is -2.34. The Morgan fingerprint density at radius 2 is 2.04 bits per heavy atom. The Labute approximate surface area is 149 Å². The van der Waals surface area contributed by atoms with Gasteiger partial charge in [-0.15, -0.1) is 0 Å². The van der Waals surface area contributed by atoms with E-state index >= 15 is 0 Å². The van der Waals surface area contributed by atoms with Crippen LogP contribution in [0.2, 0.25) is 0 Å². The second-order valence-electron chi connectivity index (χ2n) is 6.34. The number of rotatable bonds is 7. The molecular weight excluding hydrogens is 344 g/mol. The SMILES string of the molecule is COC(C1COC(=O)O1)C(C)(C)OCOc1ccc2oc(=O)ccc2c1. The zero-order chi connectivity index (χ0) is 18.7. The van der Waals surface area contributed by atoms with Gasteiger partial charge in [-0.1, -0.05) is 0 Å². The van der Waals surface area contributed by atoms with Crippen LogP contribution >= 0.6 is 0 Å². The predicted molar refractivity (Wildman–Crippen MR) is 90.2 cm³/mol. The second-order valence-corrected chi connectivity index (χ2v) is 6.34. The van der Waals surface area contributed by atoms with Crippen LogP contribution in [0.15, 0.2) is 39.5 Å². The lowest BCUT2D eigenvalue weighted by atomic mass is 9.96. The standard InChI is InChI=1S/C18H20O8/c1-18(2,16(21-3)14-9-22-17(20)26-14)24-10-23-12-5-6-13-11(8-12)4-7-15(19)25-13/h4-8,14,16H,9-10H2,1-3H3. The summed E-state index contributed by atoms with van der Waals surface area (Å²) in [6.45, 7) is 3.69. The summed E-state index contributed by atoms with van der Waals surface area (Å²) in [4.78, 5) is 22.3. The molecular formula is C18H20O8. The number of carbonyl (C=O) groups excluding carboxylic acids is 1. The first kappa shape index (κ1) is 18.2. The van der Waals surface area contributed by atoms with Crippen LogP contribution in [0.4, 0.5) is 4.79 Å². The van der Waals surface area contributed by atoms with Crippen molar-refractivity contribution in [2.75, 3.05) is 20.5 Å². The number of ether oxygens (including phenoxy) is 5. The third kappa shape index (κ3) is 3.97. The number of benzene rings is 1. The molecule has 2 aromatic rings. The average molecular weight is 364 g/mol. The fourth-order valence-electron chi connectivity index (χ4n) is 2.85. The second kappa shape index (κ2) is 7.35. The number of carbonyl (C=O) groups is 1. The van der Waals surface area contributed by atoms with Gasteiger partial charge in [0, 0.05) is 18.6 Å². The van der Waals surface area contributed by atoms with Crippen LogP contribution in [0.1, 0.15) is 13.8 Å². The van der Waals surface area contributed by atoms with Gasteiger partial charge in [0.2, 0.25) is 0 Å². The summed E-state index contributed by atoms with van der Waals surface area (Å²) < 4.78 is 31.8. The monoisotopic (exact) mass is 364 g/mol. The summed E-state index contributed by atoms with van der Waals surface area (Å²) in [7, 11) is 1.51. The molecule has 0 radical (unpaired) electrons. The molecule has 1 fully saturated rings. The molecule has 2 heterocycles. The van der Waals surface area contributed by atoms with Crippen LogP contribution < -0.4 is 10.4 Å². The predicted octanol–water partition coefficient (Wildman–Crippen LogP) is 2.47. The summed E-state index contributed by atoms with van der Waals surface area (Å²) >= 11 is 0. The number of hydrogen-bond acceptors (Lipinski definition) is 8. The van der Waals surface area contributed by atoms with E-state index in [2.05, 4.69) is 0 Å². The Bertz CT molecular complexity index is 840. The maximum atomic E-state index is 11.2. The van der Waals surface area contributed by atoms with Gasteiger partial charge < -0.3 is 28.1 Å². The van der Waals surface area contributed by atoms with Crippen molar-refractivity contribution in [1.29, 1.82) is 0 Å². The minimum absolute atomic E-state index is 0.0450. The maximum absolute atomic E-state index is 11.2. The Balaban J connectivity index is 1.61. The highest BCUT2D eigenvalue weighted by molar-refractivity contribution is 5.77. The summed E-state index contributed by atoms with van der Waals surface area (Å²) in [6, 6.07) is 8.09. The molecule has 0 bridgehead atoms. The lowest BCUT2D eigenvalue weighted by molar-refractivity contribution is -0.174. The minimum Gasteiger partial charge on any atom is -0.468 e. The number of fused-ring (bicyclic) bond motifs is 1. The summed E-state index contributed by atoms with van der Waals surface area (Å²) in [6.07, 6.45) is -1.79. The largest absolute Gasteiger partial charge is 0.508 e. The molecule has 2 atom stereocenters. The summed E-state index contributed by atoms with van der Waals surface area (Å²) in [5.74, 6) is 0.562. The minimum atomic E-state index is -0.795. The van der Waals surface area contributed by atoms with Gasteiger partial charge in [-0.25, -0.2) is 9.59 Å². The molecule has 26 heavy (non-hydrogen) atoms. The van der Waals surface area contributed by atoms with E-state index in [1.54, 1.807) is 24.3 Å². The van der Waals surface area contributed by atoms with E-state index in [1.165, 1.54) is 13.2 Å². The summed E-state index contributed by atoms with van der Waals surface area (Å²) in [5.41, 5.74) is -0.719. The number of hydrogen-bond donors (Lipinski definition) is 0. The van der Waals surface area contributed by atoms with Crippen molar-refractivity contribution >= 4 is 17.1 Å². The molecule has 1 aromatic heterocycles.